The highest BCUT2D eigenvalue weighted by molar-refractivity contribution is 5.75. The number of benzene rings is 2. The summed E-state index contributed by atoms with van der Waals surface area (Å²) in [5, 5.41) is 10.5. The largest absolute Gasteiger partial charge is 0.497 e. The first kappa shape index (κ1) is 20.6. The molecule has 6 nitrogen and oxygen atoms in total. The van der Waals surface area contributed by atoms with Crippen LogP contribution in [0.25, 0.3) is 0 Å². The van der Waals surface area contributed by atoms with Gasteiger partial charge in [-0.2, -0.15) is 0 Å². The smallest absolute Gasteiger partial charge is 0.150 e. The second-order valence-electron chi connectivity index (χ2n) is 6.75. The average molecular weight is 395 g/mol. The van der Waals surface area contributed by atoms with E-state index in [0.717, 1.165) is 23.4 Å². The Hall–Kier alpha value is -3.09. The first-order valence-corrected chi connectivity index (χ1v) is 9.40. The summed E-state index contributed by atoms with van der Waals surface area (Å²) in [5.41, 5.74) is 1.64. The van der Waals surface area contributed by atoms with Crippen molar-refractivity contribution in [1.82, 2.24) is 4.90 Å². The van der Waals surface area contributed by atoms with E-state index in [-0.39, 0.29) is 6.61 Å². The van der Waals surface area contributed by atoms with Crippen molar-refractivity contribution >= 4 is 6.29 Å². The lowest BCUT2D eigenvalue weighted by Crippen LogP contribution is -2.35. The molecule has 3 aromatic rings. The van der Waals surface area contributed by atoms with Gasteiger partial charge in [0.2, 0.25) is 0 Å². The molecule has 1 N–H and O–H groups in total. The summed E-state index contributed by atoms with van der Waals surface area (Å²) in [6.45, 7) is 1.73. The first-order valence-electron chi connectivity index (χ1n) is 9.40. The predicted octanol–water partition coefficient (Wildman–Crippen LogP) is 3.54. The summed E-state index contributed by atoms with van der Waals surface area (Å²) in [6, 6.07) is 18.5. The molecule has 1 atom stereocenters. The maximum Gasteiger partial charge on any atom is 0.150 e. The molecule has 1 heterocycles. The van der Waals surface area contributed by atoms with Crippen LogP contribution in [0.2, 0.25) is 0 Å². The number of furan rings is 1. The Kier molecular flexibility index (Phi) is 7.44. The molecule has 0 bridgehead atoms. The number of aliphatic hydroxyl groups is 1. The topological polar surface area (TPSA) is 72.1 Å². The van der Waals surface area contributed by atoms with Gasteiger partial charge in [-0.3, -0.25) is 9.69 Å². The number of carbonyl (C=O) groups excluding carboxylic acids is 1. The van der Waals surface area contributed by atoms with Gasteiger partial charge in [-0.15, -0.1) is 0 Å². The molecular formula is C23H25NO5. The first-order chi connectivity index (χ1) is 14.2. The molecule has 0 saturated carbocycles. The Morgan fingerprint density at radius 3 is 2.59 bits per heavy atom. The van der Waals surface area contributed by atoms with Gasteiger partial charge in [0.15, 0.2) is 0 Å². The second-order valence-corrected chi connectivity index (χ2v) is 6.75. The summed E-state index contributed by atoms with van der Waals surface area (Å²) < 4.78 is 16.3. The van der Waals surface area contributed by atoms with E-state index in [9.17, 15) is 9.90 Å². The van der Waals surface area contributed by atoms with Gasteiger partial charge in [0, 0.05) is 18.7 Å². The molecule has 2 aromatic carbocycles. The summed E-state index contributed by atoms with van der Waals surface area (Å²) in [5.74, 6) is 2.18. The number of rotatable bonds is 11. The zero-order valence-corrected chi connectivity index (χ0v) is 16.4. The monoisotopic (exact) mass is 395 g/mol. The van der Waals surface area contributed by atoms with Crippen LogP contribution in [0.3, 0.4) is 0 Å². The van der Waals surface area contributed by atoms with Crippen molar-refractivity contribution in [3.05, 3.63) is 83.8 Å². The zero-order valence-electron chi connectivity index (χ0n) is 16.4. The van der Waals surface area contributed by atoms with Crippen LogP contribution in [0.15, 0.2) is 71.3 Å². The van der Waals surface area contributed by atoms with Gasteiger partial charge in [-0.1, -0.05) is 24.3 Å². The van der Waals surface area contributed by atoms with Gasteiger partial charge < -0.3 is 19.0 Å². The van der Waals surface area contributed by atoms with Crippen LogP contribution in [-0.4, -0.2) is 42.7 Å². The number of nitrogens with zero attached hydrogens (tertiary/aromatic N) is 1. The van der Waals surface area contributed by atoms with Crippen molar-refractivity contribution in [1.29, 1.82) is 0 Å². The molecule has 0 spiro atoms. The summed E-state index contributed by atoms with van der Waals surface area (Å²) >= 11 is 0. The Morgan fingerprint density at radius 2 is 1.90 bits per heavy atom. The van der Waals surface area contributed by atoms with E-state index in [0.29, 0.717) is 30.9 Å². The van der Waals surface area contributed by atoms with Gasteiger partial charge in [-0.25, -0.2) is 0 Å². The van der Waals surface area contributed by atoms with Crippen LogP contribution in [0.1, 0.15) is 21.7 Å². The molecule has 1 aromatic heterocycles. The number of hydrogen-bond donors (Lipinski definition) is 1. The van der Waals surface area contributed by atoms with Crippen molar-refractivity contribution in [2.75, 3.05) is 20.3 Å². The van der Waals surface area contributed by atoms with Gasteiger partial charge in [0.05, 0.1) is 19.9 Å². The van der Waals surface area contributed by atoms with Crippen molar-refractivity contribution in [2.45, 2.75) is 19.2 Å². The molecule has 0 aliphatic rings. The number of carbonyl (C=O) groups is 1. The lowest BCUT2D eigenvalue weighted by Gasteiger charge is -2.24. The summed E-state index contributed by atoms with van der Waals surface area (Å²) in [4.78, 5) is 13.0. The van der Waals surface area contributed by atoms with Crippen molar-refractivity contribution in [3.8, 4) is 11.5 Å². The molecule has 152 valence electrons. The predicted molar refractivity (Wildman–Crippen MR) is 109 cm³/mol. The maximum atomic E-state index is 10.9. The van der Waals surface area contributed by atoms with E-state index in [1.54, 1.807) is 37.6 Å². The van der Waals surface area contributed by atoms with Crippen LogP contribution in [-0.2, 0) is 13.1 Å². The highest BCUT2D eigenvalue weighted by atomic mass is 16.5. The zero-order chi connectivity index (χ0) is 20.5. The summed E-state index contributed by atoms with van der Waals surface area (Å²) in [6.07, 6.45) is 1.70. The summed E-state index contributed by atoms with van der Waals surface area (Å²) in [7, 11) is 1.64. The van der Waals surface area contributed by atoms with E-state index in [1.165, 1.54) is 0 Å². The van der Waals surface area contributed by atoms with Crippen LogP contribution in [0.4, 0.5) is 0 Å². The van der Waals surface area contributed by atoms with E-state index in [2.05, 4.69) is 4.90 Å². The van der Waals surface area contributed by atoms with Crippen LogP contribution < -0.4 is 9.47 Å². The van der Waals surface area contributed by atoms with E-state index in [4.69, 9.17) is 13.9 Å². The van der Waals surface area contributed by atoms with E-state index in [1.807, 2.05) is 36.4 Å². The third-order valence-electron chi connectivity index (χ3n) is 4.43. The number of hydrogen-bond acceptors (Lipinski definition) is 6. The number of methoxy groups -OCH3 is 1. The van der Waals surface area contributed by atoms with E-state index < -0.39 is 6.10 Å². The highest BCUT2D eigenvalue weighted by Crippen LogP contribution is 2.16. The Bertz CT molecular complexity index is 877. The van der Waals surface area contributed by atoms with Crippen molar-refractivity contribution in [3.63, 3.8) is 0 Å². The lowest BCUT2D eigenvalue weighted by molar-refractivity contribution is 0.0604. The quantitative estimate of drug-likeness (QED) is 0.501. The molecule has 0 saturated heterocycles. The van der Waals surface area contributed by atoms with Gasteiger partial charge in [-0.05, 0) is 42.0 Å². The molecule has 0 radical (unpaired) electrons. The molecule has 0 fully saturated rings. The van der Waals surface area contributed by atoms with Crippen LogP contribution >= 0.6 is 0 Å². The molecule has 0 aliphatic heterocycles. The molecule has 3 rings (SSSR count). The maximum absolute atomic E-state index is 10.9. The number of aldehydes is 1. The van der Waals surface area contributed by atoms with Crippen molar-refractivity contribution < 1.29 is 23.8 Å². The Labute approximate surface area is 170 Å². The van der Waals surface area contributed by atoms with Crippen LogP contribution in [0, 0.1) is 0 Å². The fourth-order valence-electron chi connectivity index (χ4n) is 3.02. The lowest BCUT2D eigenvalue weighted by atomic mass is 10.2. The molecule has 0 aliphatic carbocycles. The molecule has 6 heteroatoms. The SMILES string of the molecule is COc1ccc(CN(Cc2ccco2)CC(O)COc2cccc(C=O)c2)cc1. The number of aliphatic hydroxyl groups excluding tert-OH is 1. The van der Waals surface area contributed by atoms with Gasteiger partial charge >= 0.3 is 0 Å². The Balaban J connectivity index is 1.60. The highest BCUT2D eigenvalue weighted by Gasteiger charge is 2.15. The minimum absolute atomic E-state index is 0.125. The third kappa shape index (κ3) is 6.48. The Morgan fingerprint density at radius 1 is 1.07 bits per heavy atom. The van der Waals surface area contributed by atoms with Crippen molar-refractivity contribution in [2.24, 2.45) is 0 Å². The number of ether oxygens (including phenoxy) is 2. The molecule has 29 heavy (non-hydrogen) atoms. The average Bonchev–Trinajstić information content (AvgIpc) is 3.26. The second kappa shape index (κ2) is 10.5. The molecule has 1 unspecified atom stereocenters. The third-order valence-corrected chi connectivity index (χ3v) is 4.43. The fourth-order valence-corrected chi connectivity index (χ4v) is 3.02. The molecular weight excluding hydrogens is 370 g/mol. The standard InChI is InChI=1S/C23H25NO5/c1-27-21-9-7-18(8-10-21)13-24(15-23-6-3-11-28-23)14-20(26)17-29-22-5-2-4-19(12-22)16-25/h2-12,16,20,26H,13-15,17H2,1H3. The van der Waals surface area contributed by atoms with Crippen LogP contribution in [0.5, 0.6) is 11.5 Å². The normalized spacial score (nSPS) is 12.0. The minimum atomic E-state index is -0.705. The minimum Gasteiger partial charge on any atom is -0.497 e. The van der Waals surface area contributed by atoms with Gasteiger partial charge in [0.1, 0.15) is 36.3 Å². The fraction of sp³-hybridized carbons (Fsp3) is 0.261. The van der Waals surface area contributed by atoms with E-state index >= 15 is 0 Å². The van der Waals surface area contributed by atoms with Gasteiger partial charge in [0.25, 0.3) is 0 Å². The molecule has 0 amide bonds.